The van der Waals surface area contributed by atoms with E-state index in [4.69, 9.17) is 14.2 Å². The molecule has 0 aromatic rings. The summed E-state index contributed by atoms with van der Waals surface area (Å²) in [7, 11) is 0. The summed E-state index contributed by atoms with van der Waals surface area (Å²) in [4.78, 5) is 38.1. The molecule has 0 aliphatic carbocycles. The summed E-state index contributed by atoms with van der Waals surface area (Å²) in [6.45, 7) is 6.49. The Kier molecular flexibility index (Phi) is 67.2. The first kappa shape index (κ1) is 78.6. The quantitative estimate of drug-likeness (QED) is 0.0261. The maximum atomic E-state index is 12.9. The number of allylic oxidation sites excluding steroid dienone is 14. The van der Waals surface area contributed by atoms with E-state index in [0.717, 1.165) is 109 Å². The van der Waals surface area contributed by atoms with Crippen LogP contribution in [-0.4, -0.2) is 37.2 Å². The SMILES string of the molecule is CC/C=C\C/C=C\C/C=C\C/C=C\C/C=C\C/C=C\CCCCCCCCC(=O)OC(COC(=O)CCCCCCCC)COC(=O)CCCCCCCCCCCCCCCCCCCCCCC/C=C\CCCCCCCCCC. The lowest BCUT2D eigenvalue weighted by atomic mass is 10.0. The fourth-order valence-corrected chi connectivity index (χ4v) is 10.3. The van der Waals surface area contributed by atoms with E-state index < -0.39 is 6.10 Å². The van der Waals surface area contributed by atoms with E-state index in [9.17, 15) is 14.4 Å². The van der Waals surface area contributed by atoms with Crippen molar-refractivity contribution in [2.75, 3.05) is 13.2 Å². The second-order valence-corrected chi connectivity index (χ2v) is 23.8. The number of esters is 3. The van der Waals surface area contributed by atoms with Gasteiger partial charge in [0.1, 0.15) is 13.2 Å². The van der Waals surface area contributed by atoms with Crippen molar-refractivity contribution in [3.05, 3.63) is 85.1 Å². The second kappa shape index (κ2) is 70.1. The number of unbranched alkanes of at least 4 members (excludes halogenated alkanes) is 40. The molecule has 0 aliphatic heterocycles. The largest absolute Gasteiger partial charge is 0.462 e. The molecular weight excluding hydrogens is 1010 g/mol. The second-order valence-electron chi connectivity index (χ2n) is 23.8. The molecular formula is C76H134O6. The molecule has 1 atom stereocenters. The number of rotatable bonds is 65. The molecule has 0 saturated carbocycles. The van der Waals surface area contributed by atoms with E-state index in [1.165, 1.54) is 212 Å². The van der Waals surface area contributed by atoms with Gasteiger partial charge in [-0.15, -0.1) is 0 Å². The zero-order valence-corrected chi connectivity index (χ0v) is 54.5. The van der Waals surface area contributed by atoms with Crippen LogP contribution in [0.1, 0.15) is 361 Å². The lowest BCUT2D eigenvalue weighted by molar-refractivity contribution is -0.167. The van der Waals surface area contributed by atoms with E-state index in [0.29, 0.717) is 19.3 Å². The van der Waals surface area contributed by atoms with Crippen LogP contribution in [-0.2, 0) is 28.6 Å². The summed E-state index contributed by atoms with van der Waals surface area (Å²) in [5.41, 5.74) is 0. The van der Waals surface area contributed by atoms with Crippen molar-refractivity contribution in [1.29, 1.82) is 0 Å². The predicted octanol–water partition coefficient (Wildman–Crippen LogP) is 24.6. The first-order valence-electron chi connectivity index (χ1n) is 35.6. The molecule has 0 saturated heterocycles. The summed E-state index contributed by atoms with van der Waals surface area (Å²) in [6.07, 6.45) is 93.8. The van der Waals surface area contributed by atoms with Crippen molar-refractivity contribution < 1.29 is 28.6 Å². The number of carbonyl (C=O) groups is 3. The molecule has 6 heteroatoms. The maximum absolute atomic E-state index is 12.9. The zero-order chi connectivity index (χ0) is 59.2. The fraction of sp³-hybridized carbons (Fsp3) is 0.776. The summed E-state index contributed by atoms with van der Waals surface area (Å²) in [5, 5.41) is 0. The molecule has 0 aliphatic rings. The topological polar surface area (TPSA) is 78.9 Å². The third kappa shape index (κ3) is 67.4. The fourth-order valence-electron chi connectivity index (χ4n) is 10.3. The summed E-state index contributed by atoms with van der Waals surface area (Å²) < 4.78 is 16.8. The predicted molar refractivity (Wildman–Crippen MR) is 358 cm³/mol. The van der Waals surface area contributed by atoms with Crippen LogP contribution in [0.4, 0.5) is 0 Å². The number of hydrogen-bond donors (Lipinski definition) is 0. The molecule has 82 heavy (non-hydrogen) atoms. The Balaban J connectivity index is 4.01. The highest BCUT2D eigenvalue weighted by Crippen LogP contribution is 2.18. The van der Waals surface area contributed by atoms with Gasteiger partial charge in [0.2, 0.25) is 0 Å². The van der Waals surface area contributed by atoms with Crippen molar-refractivity contribution in [3.8, 4) is 0 Å². The van der Waals surface area contributed by atoms with Crippen molar-refractivity contribution in [2.24, 2.45) is 0 Å². The molecule has 0 fully saturated rings. The smallest absolute Gasteiger partial charge is 0.306 e. The van der Waals surface area contributed by atoms with Crippen LogP contribution in [0.5, 0.6) is 0 Å². The van der Waals surface area contributed by atoms with Gasteiger partial charge in [0.05, 0.1) is 0 Å². The van der Waals surface area contributed by atoms with Gasteiger partial charge in [0.15, 0.2) is 6.10 Å². The molecule has 0 aromatic heterocycles. The Hall–Kier alpha value is -3.41. The van der Waals surface area contributed by atoms with Gasteiger partial charge in [-0.05, 0) is 96.3 Å². The van der Waals surface area contributed by atoms with Gasteiger partial charge in [-0.1, -0.05) is 331 Å². The zero-order valence-electron chi connectivity index (χ0n) is 54.5. The van der Waals surface area contributed by atoms with Gasteiger partial charge in [0.25, 0.3) is 0 Å². The van der Waals surface area contributed by atoms with E-state index >= 15 is 0 Å². The third-order valence-electron chi connectivity index (χ3n) is 15.6. The maximum Gasteiger partial charge on any atom is 0.306 e. The highest BCUT2D eigenvalue weighted by Gasteiger charge is 2.19. The van der Waals surface area contributed by atoms with Crippen LogP contribution in [0.2, 0.25) is 0 Å². The molecule has 0 N–H and O–H groups in total. The Morgan fingerprint density at radius 3 is 0.756 bits per heavy atom. The molecule has 1 unspecified atom stereocenters. The van der Waals surface area contributed by atoms with E-state index in [2.05, 4.69) is 106 Å². The first-order chi connectivity index (χ1) is 40.5. The minimum Gasteiger partial charge on any atom is -0.462 e. The summed E-state index contributed by atoms with van der Waals surface area (Å²) >= 11 is 0. The highest BCUT2D eigenvalue weighted by molar-refractivity contribution is 5.71. The average Bonchev–Trinajstić information content (AvgIpc) is 3.47. The molecule has 0 heterocycles. The van der Waals surface area contributed by atoms with Gasteiger partial charge in [0, 0.05) is 19.3 Å². The number of carbonyl (C=O) groups excluding carboxylic acids is 3. The molecule has 0 rings (SSSR count). The number of ether oxygens (including phenoxy) is 3. The molecule has 0 amide bonds. The minimum absolute atomic E-state index is 0.0794. The molecule has 0 radical (unpaired) electrons. The number of hydrogen-bond acceptors (Lipinski definition) is 6. The van der Waals surface area contributed by atoms with Crippen LogP contribution in [0, 0.1) is 0 Å². The van der Waals surface area contributed by atoms with Crippen LogP contribution < -0.4 is 0 Å². The molecule has 0 bridgehead atoms. The monoisotopic (exact) mass is 1140 g/mol. The van der Waals surface area contributed by atoms with Crippen LogP contribution in [0.25, 0.3) is 0 Å². The van der Waals surface area contributed by atoms with Crippen molar-refractivity contribution in [2.45, 2.75) is 367 Å². The van der Waals surface area contributed by atoms with Crippen molar-refractivity contribution >= 4 is 17.9 Å². The molecule has 0 aromatic carbocycles. The Bertz CT molecular complexity index is 1550. The highest BCUT2D eigenvalue weighted by atomic mass is 16.6. The molecule has 474 valence electrons. The third-order valence-corrected chi connectivity index (χ3v) is 15.6. The van der Waals surface area contributed by atoms with Gasteiger partial charge < -0.3 is 14.2 Å². The van der Waals surface area contributed by atoms with E-state index in [-0.39, 0.29) is 31.1 Å². The summed E-state index contributed by atoms with van der Waals surface area (Å²) in [5.74, 6) is -0.889. The van der Waals surface area contributed by atoms with Gasteiger partial charge in [-0.3, -0.25) is 14.4 Å². The lowest BCUT2D eigenvalue weighted by Crippen LogP contribution is -2.30. The standard InChI is InChI=1S/C76H134O6/c1-4-7-10-13-16-18-20-22-24-26-28-30-32-34-35-36-37-38-39-40-41-43-44-46-48-50-52-54-56-58-60-63-66-69-75(78)81-72-73(71-80-74(77)68-65-62-15-12-9-6-3)82-76(79)70-67-64-61-59-57-55-53-51-49-47-45-42-33-31-29-27-25-23-21-19-17-14-11-8-5-2/h8,11,17,19,23,25-26,28-29,31,42,45,49,51,73H,4-7,9-10,12-16,18,20-22,24,27,30,32-41,43-44,46-48,50,52-72H2,1-3H3/b11-8-,19-17-,25-23-,28-26-,31-29-,45-42-,51-49-. The summed E-state index contributed by atoms with van der Waals surface area (Å²) in [6, 6.07) is 0. The van der Waals surface area contributed by atoms with Gasteiger partial charge in [-0.2, -0.15) is 0 Å². The van der Waals surface area contributed by atoms with Crippen molar-refractivity contribution in [1.82, 2.24) is 0 Å². The van der Waals surface area contributed by atoms with E-state index in [1.54, 1.807) is 0 Å². The van der Waals surface area contributed by atoms with Crippen LogP contribution in [0.3, 0.4) is 0 Å². The molecule has 6 nitrogen and oxygen atoms in total. The Morgan fingerprint density at radius 2 is 0.476 bits per heavy atom. The van der Waals surface area contributed by atoms with Gasteiger partial charge in [-0.25, -0.2) is 0 Å². The molecule has 0 spiro atoms. The normalized spacial score (nSPS) is 12.6. The lowest BCUT2D eigenvalue weighted by Gasteiger charge is -2.18. The first-order valence-corrected chi connectivity index (χ1v) is 35.6. The Morgan fingerprint density at radius 1 is 0.256 bits per heavy atom. The van der Waals surface area contributed by atoms with Gasteiger partial charge >= 0.3 is 17.9 Å². The van der Waals surface area contributed by atoms with Crippen LogP contribution >= 0.6 is 0 Å². The Labute approximate surface area is 509 Å². The minimum atomic E-state index is -0.782. The van der Waals surface area contributed by atoms with E-state index in [1.807, 2.05) is 0 Å². The van der Waals surface area contributed by atoms with Crippen LogP contribution in [0.15, 0.2) is 85.1 Å². The average molecular weight is 1140 g/mol. The van der Waals surface area contributed by atoms with Crippen molar-refractivity contribution in [3.63, 3.8) is 0 Å².